The van der Waals surface area contributed by atoms with Crippen molar-refractivity contribution in [3.05, 3.63) is 24.2 Å². The number of carbonyl (C=O) groups excluding carboxylic acids is 1. The van der Waals surface area contributed by atoms with Crippen LogP contribution in [-0.2, 0) is 0 Å². The van der Waals surface area contributed by atoms with Gasteiger partial charge in [-0.25, -0.2) is 0 Å². The van der Waals surface area contributed by atoms with Crippen LogP contribution in [0.5, 0.6) is 0 Å². The predicted molar refractivity (Wildman–Crippen MR) is 54.5 cm³/mol. The number of nitrogens with one attached hydrogen (secondary N) is 1. The number of rotatable bonds is 1. The summed E-state index contributed by atoms with van der Waals surface area (Å²) >= 11 is 0. The number of amides is 1. The molecule has 0 saturated carbocycles. The molecule has 4 nitrogen and oxygen atoms in total. The first kappa shape index (κ1) is 8.97. The highest BCUT2D eigenvalue weighted by Gasteiger charge is 2.44. The monoisotopic (exact) mass is 206 g/mol. The van der Waals surface area contributed by atoms with Gasteiger partial charge in [0.2, 0.25) is 0 Å². The van der Waals surface area contributed by atoms with Crippen molar-refractivity contribution < 1.29 is 9.21 Å². The first-order valence-corrected chi connectivity index (χ1v) is 5.31. The lowest BCUT2D eigenvalue weighted by Gasteiger charge is -2.38. The summed E-state index contributed by atoms with van der Waals surface area (Å²) in [6.45, 7) is 3.89. The molecular formula is C11H14N2O2. The van der Waals surface area contributed by atoms with Crippen molar-refractivity contribution >= 4 is 5.91 Å². The van der Waals surface area contributed by atoms with E-state index < -0.39 is 0 Å². The lowest BCUT2D eigenvalue weighted by atomic mass is 9.81. The van der Waals surface area contributed by atoms with Gasteiger partial charge in [-0.15, -0.1) is 0 Å². The second-order valence-electron chi connectivity index (χ2n) is 4.59. The van der Waals surface area contributed by atoms with Gasteiger partial charge in [0, 0.05) is 31.6 Å². The van der Waals surface area contributed by atoms with E-state index in [1.165, 1.54) is 6.26 Å². The van der Waals surface area contributed by atoms with Crippen LogP contribution < -0.4 is 5.32 Å². The molecule has 0 aliphatic carbocycles. The van der Waals surface area contributed by atoms with Gasteiger partial charge in [0.25, 0.3) is 5.91 Å². The van der Waals surface area contributed by atoms with Gasteiger partial charge in [-0.3, -0.25) is 4.79 Å². The maximum atomic E-state index is 12.0. The smallest absolute Gasteiger partial charge is 0.257 e. The van der Waals surface area contributed by atoms with Crippen molar-refractivity contribution in [3.8, 4) is 0 Å². The molecule has 2 saturated heterocycles. The molecule has 15 heavy (non-hydrogen) atoms. The number of nitrogens with zero attached hydrogens (tertiary/aromatic N) is 1. The fourth-order valence-corrected chi connectivity index (χ4v) is 2.44. The molecule has 80 valence electrons. The number of likely N-dealkylation sites (tertiary alicyclic amines) is 1. The summed E-state index contributed by atoms with van der Waals surface area (Å²) in [5.41, 5.74) is 1.04. The van der Waals surface area contributed by atoms with Crippen LogP contribution in [0.15, 0.2) is 23.0 Å². The fourth-order valence-electron chi connectivity index (χ4n) is 2.44. The Balaban J connectivity index is 1.72. The molecule has 1 spiro atoms. The van der Waals surface area contributed by atoms with Crippen LogP contribution in [0.4, 0.5) is 0 Å². The molecule has 2 aliphatic rings. The highest BCUT2D eigenvalue weighted by atomic mass is 16.3. The summed E-state index contributed by atoms with van der Waals surface area (Å²) in [5.74, 6) is 0.104. The molecule has 0 unspecified atom stereocenters. The minimum atomic E-state index is 0.104. The van der Waals surface area contributed by atoms with Gasteiger partial charge in [-0.2, -0.15) is 0 Å². The van der Waals surface area contributed by atoms with E-state index in [0.29, 0.717) is 11.0 Å². The molecule has 3 rings (SSSR count). The average molecular weight is 206 g/mol. The van der Waals surface area contributed by atoms with Crippen LogP contribution in [0.2, 0.25) is 0 Å². The van der Waals surface area contributed by atoms with E-state index in [0.717, 1.165) is 32.6 Å². The summed E-state index contributed by atoms with van der Waals surface area (Å²) in [7, 11) is 0. The summed E-state index contributed by atoms with van der Waals surface area (Å²) in [5, 5.41) is 3.28. The molecule has 2 fully saturated rings. The molecular weight excluding hydrogens is 192 g/mol. The average Bonchev–Trinajstić information content (AvgIpc) is 2.85. The van der Waals surface area contributed by atoms with Crippen molar-refractivity contribution in [1.82, 2.24) is 10.2 Å². The molecule has 0 atom stereocenters. The Labute approximate surface area is 88.2 Å². The van der Waals surface area contributed by atoms with Gasteiger partial charge in [0.15, 0.2) is 0 Å². The Morgan fingerprint density at radius 2 is 2.40 bits per heavy atom. The van der Waals surface area contributed by atoms with Crippen molar-refractivity contribution in [1.29, 1.82) is 0 Å². The van der Waals surface area contributed by atoms with E-state index in [1.54, 1.807) is 12.3 Å². The van der Waals surface area contributed by atoms with Crippen LogP contribution in [-0.4, -0.2) is 37.0 Å². The quantitative estimate of drug-likeness (QED) is 0.736. The van der Waals surface area contributed by atoms with E-state index >= 15 is 0 Å². The SMILES string of the molecule is O=C(c1ccoc1)N1CCC2(CNC2)C1. The zero-order valence-electron chi connectivity index (χ0n) is 8.53. The minimum absolute atomic E-state index is 0.104. The maximum absolute atomic E-state index is 12.0. The summed E-state index contributed by atoms with van der Waals surface area (Å²) in [6.07, 6.45) is 4.19. The third-order valence-electron chi connectivity index (χ3n) is 3.49. The standard InChI is InChI=1S/C11H14N2O2/c14-10(9-1-4-15-5-9)13-3-2-11(8-13)6-12-7-11/h1,4-5,12H,2-3,6-8H2. The van der Waals surface area contributed by atoms with Gasteiger partial charge >= 0.3 is 0 Å². The second-order valence-corrected chi connectivity index (χ2v) is 4.59. The second kappa shape index (κ2) is 3.10. The van der Waals surface area contributed by atoms with E-state index in [1.807, 2.05) is 4.90 Å². The van der Waals surface area contributed by atoms with Crippen molar-refractivity contribution in [3.63, 3.8) is 0 Å². The molecule has 0 aromatic carbocycles. The molecule has 1 amide bonds. The Hall–Kier alpha value is -1.29. The van der Waals surface area contributed by atoms with E-state index in [9.17, 15) is 4.79 Å². The molecule has 1 aromatic heterocycles. The molecule has 3 heterocycles. The molecule has 2 aliphatic heterocycles. The lowest BCUT2D eigenvalue weighted by Crippen LogP contribution is -2.55. The Morgan fingerprint density at radius 3 is 2.93 bits per heavy atom. The van der Waals surface area contributed by atoms with Crippen LogP contribution in [0.25, 0.3) is 0 Å². The van der Waals surface area contributed by atoms with E-state index in [4.69, 9.17) is 4.42 Å². The molecule has 1 N–H and O–H groups in total. The third-order valence-corrected chi connectivity index (χ3v) is 3.49. The number of hydrogen-bond acceptors (Lipinski definition) is 3. The molecule has 0 radical (unpaired) electrons. The van der Waals surface area contributed by atoms with Crippen LogP contribution in [0, 0.1) is 5.41 Å². The summed E-state index contributed by atoms with van der Waals surface area (Å²) in [6, 6.07) is 1.73. The number of furan rings is 1. The van der Waals surface area contributed by atoms with Gasteiger partial charge in [0.05, 0.1) is 11.8 Å². The highest BCUT2D eigenvalue weighted by molar-refractivity contribution is 5.94. The number of hydrogen-bond donors (Lipinski definition) is 1. The predicted octanol–water partition coefficient (Wildman–Crippen LogP) is 0.715. The van der Waals surface area contributed by atoms with Crippen LogP contribution in [0.1, 0.15) is 16.8 Å². The molecule has 4 heteroatoms. The zero-order chi connectivity index (χ0) is 10.3. The van der Waals surface area contributed by atoms with E-state index in [-0.39, 0.29) is 5.91 Å². The van der Waals surface area contributed by atoms with Crippen LogP contribution in [0.3, 0.4) is 0 Å². The third kappa shape index (κ3) is 1.36. The topological polar surface area (TPSA) is 45.5 Å². The Kier molecular flexibility index (Phi) is 1.85. The molecule has 0 bridgehead atoms. The maximum Gasteiger partial charge on any atom is 0.257 e. The highest BCUT2D eigenvalue weighted by Crippen LogP contribution is 2.34. The fraction of sp³-hybridized carbons (Fsp3) is 0.545. The van der Waals surface area contributed by atoms with Crippen molar-refractivity contribution in [2.24, 2.45) is 5.41 Å². The van der Waals surface area contributed by atoms with Gasteiger partial charge in [0.1, 0.15) is 6.26 Å². The summed E-state index contributed by atoms with van der Waals surface area (Å²) < 4.78 is 4.93. The molecule has 1 aromatic rings. The Morgan fingerprint density at radius 1 is 1.53 bits per heavy atom. The van der Waals surface area contributed by atoms with Crippen LogP contribution >= 0.6 is 0 Å². The van der Waals surface area contributed by atoms with Crippen molar-refractivity contribution in [2.45, 2.75) is 6.42 Å². The number of carbonyl (C=O) groups is 1. The first-order chi connectivity index (χ1) is 7.29. The lowest BCUT2D eigenvalue weighted by molar-refractivity contribution is 0.0751. The van der Waals surface area contributed by atoms with E-state index in [2.05, 4.69) is 5.32 Å². The zero-order valence-corrected chi connectivity index (χ0v) is 8.53. The minimum Gasteiger partial charge on any atom is -0.472 e. The normalized spacial score (nSPS) is 23.1. The summed E-state index contributed by atoms with van der Waals surface area (Å²) in [4.78, 5) is 13.9. The first-order valence-electron chi connectivity index (χ1n) is 5.31. The van der Waals surface area contributed by atoms with Gasteiger partial charge < -0.3 is 14.6 Å². The van der Waals surface area contributed by atoms with Gasteiger partial charge in [-0.05, 0) is 12.5 Å². The largest absolute Gasteiger partial charge is 0.472 e. The van der Waals surface area contributed by atoms with Gasteiger partial charge in [-0.1, -0.05) is 0 Å². The Bertz CT molecular complexity index is 368. The van der Waals surface area contributed by atoms with Crippen molar-refractivity contribution in [2.75, 3.05) is 26.2 Å².